The van der Waals surface area contributed by atoms with Crippen LogP contribution in [0.15, 0.2) is 47.4 Å². The van der Waals surface area contributed by atoms with Crippen LogP contribution in [0.4, 0.5) is 5.69 Å². The second kappa shape index (κ2) is 8.26. The van der Waals surface area contributed by atoms with Crippen LogP contribution < -0.4 is 5.32 Å². The number of sulfonamides is 1. The Morgan fingerprint density at radius 2 is 1.79 bits per heavy atom. The molecular formula is C18H18ClN3O5S. The monoisotopic (exact) mass is 423 g/mol. The first kappa shape index (κ1) is 20.2. The molecule has 3 rings (SSSR count). The SMILES string of the molecule is O=C(NCc1ccc(S(=O)(=O)N2CCCC2)cc1)c1ccc(Cl)c([N+](=O)[O-])c1. The average Bonchev–Trinajstić information content (AvgIpc) is 3.22. The summed E-state index contributed by atoms with van der Waals surface area (Å²) >= 11 is 5.74. The molecule has 8 nitrogen and oxygen atoms in total. The van der Waals surface area contributed by atoms with E-state index in [0.29, 0.717) is 18.7 Å². The van der Waals surface area contributed by atoms with Gasteiger partial charge >= 0.3 is 0 Å². The highest BCUT2D eigenvalue weighted by molar-refractivity contribution is 7.89. The van der Waals surface area contributed by atoms with Crippen molar-refractivity contribution >= 4 is 33.2 Å². The molecule has 0 saturated carbocycles. The summed E-state index contributed by atoms with van der Waals surface area (Å²) in [5.41, 5.74) is 0.479. The minimum Gasteiger partial charge on any atom is -0.348 e. The van der Waals surface area contributed by atoms with E-state index >= 15 is 0 Å². The zero-order valence-electron chi connectivity index (χ0n) is 14.8. The number of amides is 1. The van der Waals surface area contributed by atoms with E-state index in [-0.39, 0.29) is 27.7 Å². The maximum absolute atomic E-state index is 12.5. The topological polar surface area (TPSA) is 110 Å². The molecule has 2 aromatic carbocycles. The van der Waals surface area contributed by atoms with Gasteiger partial charge in [0.1, 0.15) is 5.02 Å². The number of nitrogens with zero attached hydrogens (tertiary/aromatic N) is 2. The van der Waals surface area contributed by atoms with E-state index in [1.807, 2.05) is 0 Å². The van der Waals surface area contributed by atoms with Gasteiger partial charge in [0.25, 0.3) is 11.6 Å². The van der Waals surface area contributed by atoms with E-state index in [4.69, 9.17) is 11.6 Å². The minimum absolute atomic E-state index is 0.0450. The quantitative estimate of drug-likeness (QED) is 0.567. The fourth-order valence-corrected chi connectivity index (χ4v) is 4.64. The van der Waals surface area contributed by atoms with Gasteiger partial charge in [-0.05, 0) is 42.7 Å². The number of carbonyl (C=O) groups is 1. The highest BCUT2D eigenvalue weighted by atomic mass is 35.5. The summed E-state index contributed by atoms with van der Waals surface area (Å²) in [6.45, 7) is 1.22. The van der Waals surface area contributed by atoms with Crippen molar-refractivity contribution < 1.29 is 18.1 Å². The highest BCUT2D eigenvalue weighted by Gasteiger charge is 2.26. The number of benzene rings is 2. The number of rotatable bonds is 6. The Kier molecular flexibility index (Phi) is 5.97. The largest absolute Gasteiger partial charge is 0.348 e. The van der Waals surface area contributed by atoms with Crippen molar-refractivity contribution in [2.24, 2.45) is 0 Å². The standard InChI is InChI=1S/C18H18ClN3O5S/c19-16-8-5-14(11-17(16)22(24)25)18(23)20-12-13-3-6-15(7-4-13)28(26,27)21-9-1-2-10-21/h3-8,11H,1-2,9-10,12H2,(H,20,23). The number of halogens is 1. The Bertz CT molecular complexity index is 1000. The third kappa shape index (κ3) is 4.32. The van der Waals surface area contributed by atoms with Crippen molar-refractivity contribution in [2.75, 3.05) is 13.1 Å². The zero-order valence-corrected chi connectivity index (χ0v) is 16.4. The molecule has 0 spiro atoms. The van der Waals surface area contributed by atoms with Gasteiger partial charge in [-0.2, -0.15) is 4.31 Å². The lowest BCUT2D eigenvalue weighted by Gasteiger charge is -2.15. The maximum Gasteiger partial charge on any atom is 0.288 e. The Morgan fingerprint density at radius 1 is 1.14 bits per heavy atom. The second-order valence-corrected chi connectivity index (χ2v) is 8.71. The lowest BCUT2D eigenvalue weighted by molar-refractivity contribution is -0.384. The Labute approximate surface area is 167 Å². The van der Waals surface area contributed by atoms with Gasteiger partial charge in [0.05, 0.1) is 9.82 Å². The van der Waals surface area contributed by atoms with Gasteiger partial charge in [-0.25, -0.2) is 8.42 Å². The van der Waals surface area contributed by atoms with Gasteiger partial charge in [0.15, 0.2) is 0 Å². The van der Waals surface area contributed by atoms with Crippen molar-refractivity contribution in [3.05, 3.63) is 68.7 Å². The van der Waals surface area contributed by atoms with Gasteiger partial charge in [-0.3, -0.25) is 14.9 Å². The number of nitro groups is 1. The smallest absolute Gasteiger partial charge is 0.288 e. The van der Waals surface area contributed by atoms with Crippen LogP contribution in [0.1, 0.15) is 28.8 Å². The number of nitrogens with one attached hydrogen (secondary N) is 1. The summed E-state index contributed by atoms with van der Waals surface area (Å²) < 4.78 is 26.5. The first-order valence-corrected chi connectivity index (χ1v) is 10.4. The van der Waals surface area contributed by atoms with Crippen LogP contribution in [0.2, 0.25) is 5.02 Å². The molecule has 0 bridgehead atoms. The highest BCUT2D eigenvalue weighted by Crippen LogP contribution is 2.25. The molecule has 1 amide bonds. The summed E-state index contributed by atoms with van der Waals surface area (Å²) in [5.74, 6) is -0.492. The molecule has 0 unspecified atom stereocenters. The molecular weight excluding hydrogens is 406 g/mol. The Balaban J connectivity index is 1.66. The normalized spacial score (nSPS) is 14.8. The number of hydrogen-bond acceptors (Lipinski definition) is 5. The Morgan fingerprint density at radius 3 is 2.39 bits per heavy atom. The molecule has 0 aliphatic carbocycles. The Hall–Kier alpha value is -2.49. The predicted molar refractivity (Wildman–Crippen MR) is 104 cm³/mol. The molecule has 2 aromatic rings. The summed E-state index contributed by atoms with van der Waals surface area (Å²) in [4.78, 5) is 22.7. The molecule has 1 fully saturated rings. The third-order valence-electron chi connectivity index (χ3n) is 4.48. The first-order valence-electron chi connectivity index (χ1n) is 8.60. The average molecular weight is 424 g/mol. The molecule has 28 heavy (non-hydrogen) atoms. The summed E-state index contributed by atoms with van der Waals surface area (Å²) in [7, 11) is -3.48. The van der Waals surface area contributed by atoms with Gasteiger partial charge in [-0.15, -0.1) is 0 Å². The van der Waals surface area contributed by atoms with Gasteiger partial charge in [0, 0.05) is 31.3 Å². The van der Waals surface area contributed by atoms with E-state index in [1.165, 1.54) is 28.6 Å². The zero-order chi connectivity index (χ0) is 20.3. The van der Waals surface area contributed by atoms with Crippen molar-refractivity contribution in [1.29, 1.82) is 0 Å². The van der Waals surface area contributed by atoms with Crippen LogP contribution in [0, 0.1) is 10.1 Å². The number of nitro benzene ring substituents is 1. The van der Waals surface area contributed by atoms with Crippen molar-refractivity contribution in [1.82, 2.24) is 9.62 Å². The van der Waals surface area contributed by atoms with E-state index in [2.05, 4.69) is 5.32 Å². The van der Waals surface area contributed by atoms with Crippen LogP contribution in [-0.2, 0) is 16.6 Å². The predicted octanol–water partition coefficient (Wildman–Crippen LogP) is 2.96. The lowest BCUT2D eigenvalue weighted by atomic mass is 10.1. The van der Waals surface area contributed by atoms with Crippen molar-refractivity contribution in [3.63, 3.8) is 0 Å². The molecule has 10 heteroatoms. The third-order valence-corrected chi connectivity index (χ3v) is 6.72. The van der Waals surface area contributed by atoms with Crippen LogP contribution in [0.25, 0.3) is 0 Å². The first-order chi connectivity index (χ1) is 13.3. The molecule has 1 N–H and O–H groups in total. The van der Waals surface area contributed by atoms with E-state index in [9.17, 15) is 23.3 Å². The molecule has 0 radical (unpaired) electrons. The summed E-state index contributed by atoms with van der Waals surface area (Å²) in [5, 5.41) is 13.5. The number of carbonyl (C=O) groups excluding carboxylic acids is 1. The van der Waals surface area contributed by atoms with Crippen molar-refractivity contribution in [3.8, 4) is 0 Å². The van der Waals surface area contributed by atoms with Gasteiger partial charge < -0.3 is 5.32 Å². The molecule has 1 aliphatic heterocycles. The molecule has 148 valence electrons. The molecule has 1 heterocycles. The van der Waals surface area contributed by atoms with Crippen LogP contribution in [0.5, 0.6) is 0 Å². The van der Waals surface area contributed by atoms with E-state index in [0.717, 1.165) is 18.9 Å². The fourth-order valence-electron chi connectivity index (χ4n) is 2.94. The molecule has 0 aromatic heterocycles. The summed E-state index contributed by atoms with van der Waals surface area (Å²) in [6.07, 6.45) is 1.73. The van der Waals surface area contributed by atoms with Crippen LogP contribution in [0.3, 0.4) is 0 Å². The molecule has 1 saturated heterocycles. The molecule has 0 atom stereocenters. The second-order valence-electron chi connectivity index (χ2n) is 6.36. The van der Waals surface area contributed by atoms with E-state index < -0.39 is 20.9 Å². The maximum atomic E-state index is 12.5. The fraction of sp³-hybridized carbons (Fsp3) is 0.278. The minimum atomic E-state index is -3.48. The van der Waals surface area contributed by atoms with Crippen molar-refractivity contribution in [2.45, 2.75) is 24.3 Å². The van der Waals surface area contributed by atoms with Gasteiger partial charge in [0.2, 0.25) is 10.0 Å². The summed E-state index contributed by atoms with van der Waals surface area (Å²) in [6, 6.07) is 10.1. The lowest BCUT2D eigenvalue weighted by Crippen LogP contribution is -2.28. The number of hydrogen-bond donors (Lipinski definition) is 1. The van der Waals surface area contributed by atoms with Gasteiger partial charge in [-0.1, -0.05) is 23.7 Å². The van der Waals surface area contributed by atoms with Crippen LogP contribution >= 0.6 is 11.6 Å². The molecule has 1 aliphatic rings. The van der Waals surface area contributed by atoms with E-state index in [1.54, 1.807) is 12.1 Å². The van der Waals surface area contributed by atoms with Crippen LogP contribution in [-0.4, -0.2) is 36.6 Å².